The highest BCUT2D eigenvalue weighted by Gasteiger charge is 2.46. The lowest BCUT2D eigenvalue weighted by Gasteiger charge is -2.25. The van der Waals surface area contributed by atoms with Gasteiger partial charge < -0.3 is 24.5 Å². The lowest BCUT2D eigenvalue weighted by molar-refractivity contribution is -0.139. The highest BCUT2D eigenvalue weighted by molar-refractivity contribution is 6.46. The topological polar surface area (TPSA) is 109 Å². The molecule has 2 N–H and O–H groups in total. The number of hydrogen-bond donors (Lipinski definition) is 2. The SMILES string of the molecule is COC(=O)c1ccc(C2C(=C(O)c3cccc(OC)c3)C(=O)C(=O)N2CCc2c[nH]c3ccccc23)cc1. The van der Waals surface area contributed by atoms with Gasteiger partial charge >= 0.3 is 5.97 Å². The first kappa shape index (κ1) is 24.8. The summed E-state index contributed by atoms with van der Waals surface area (Å²) in [5.41, 5.74) is 3.25. The van der Waals surface area contributed by atoms with E-state index in [9.17, 15) is 19.5 Å². The van der Waals surface area contributed by atoms with Gasteiger partial charge in [0.25, 0.3) is 11.7 Å². The molecule has 1 atom stereocenters. The van der Waals surface area contributed by atoms with Crippen molar-refractivity contribution >= 4 is 34.3 Å². The van der Waals surface area contributed by atoms with Gasteiger partial charge in [0.2, 0.25) is 0 Å². The van der Waals surface area contributed by atoms with Crippen molar-refractivity contribution in [3.05, 3.63) is 107 Å². The minimum absolute atomic E-state index is 0.0204. The maximum Gasteiger partial charge on any atom is 0.337 e. The van der Waals surface area contributed by atoms with Crippen LogP contribution in [0, 0.1) is 0 Å². The van der Waals surface area contributed by atoms with Gasteiger partial charge in [0.05, 0.1) is 31.4 Å². The number of aliphatic hydroxyl groups is 1. The van der Waals surface area contributed by atoms with E-state index in [1.165, 1.54) is 19.1 Å². The Bertz CT molecular complexity index is 1570. The predicted molar refractivity (Wildman–Crippen MR) is 142 cm³/mol. The molecular weight excluding hydrogens is 484 g/mol. The summed E-state index contributed by atoms with van der Waals surface area (Å²) in [4.78, 5) is 43.3. The summed E-state index contributed by atoms with van der Waals surface area (Å²) in [5.74, 6) is -1.76. The number of Topliss-reactive ketones (excluding diaryl/α,β-unsaturated/α-hetero) is 1. The lowest BCUT2D eigenvalue weighted by atomic mass is 9.94. The van der Waals surface area contributed by atoms with Gasteiger partial charge in [-0.05, 0) is 47.9 Å². The Morgan fingerprint density at radius 2 is 1.74 bits per heavy atom. The van der Waals surface area contributed by atoms with Gasteiger partial charge in [-0.1, -0.05) is 42.5 Å². The first-order chi connectivity index (χ1) is 18.4. The fourth-order valence-electron chi connectivity index (χ4n) is 4.88. The summed E-state index contributed by atoms with van der Waals surface area (Å²) >= 11 is 0. The second-order valence-corrected chi connectivity index (χ2v) is 8.95. The number of methoxy groups -OCH3 is 2. The number of para-hydroxylation sites is 1. The third-order valence-electron chi connectivity index (χ3n) is 6.83. The fraction of sp³-hybridized carbons (Fsp3) is 0.167. The number of ether oxygens (including phenoxy) is 2. The zero-order valence-corrected chi connectivity index (χ0v) is 20.9. The Kier molecular flexibility index (Phi) is 6.70. The van der Waals surface area contributed by atoms with Crippen LogP contribution >= 0.6 is 0 Å². The van der Waals surface area contributed by atoms with Crippen LogP contribution in [-0.2, 0) is 20.7 Å². The van der Waals surface area contributed by atoms with Gasteiger partial charge in [0, 0.05) is 29.2 Å². The third-order valence-corrected chi connectivity index (χ3v) is 6.83. The van der Waals surface area contributed by atoms with Gasteiger partial charge in [-0.25, -0.2) is 4.79 Å². The highest BCUT2D eigenvalue weighted by Crippen LogP contribution is 2.40. The van der Waals surface area contributed by atoms with Crippen LogP contribution in [0.3, 0.4) is 0 Å². The normalized spacial score (nSPS) is 16.7. The van der Waals surface area contributed by atoms with Gasteiger partial charge in [0.1, 0.15) is 11.5 Å². The first-order valence-corrected chi connectivity index (χ1v) is 12.1. The summed E-state index contributed by atoms with van der Waals surface area (Å²) in [6, 6.07) is 20.2. The second kappa shape index (κ2) is 10.3. The van der Waals surface area contributed by atoms with Crippen LogP contribution in [-0.4, -0.2) is 53.4 Å². The molecule has 1 aliphatic rings. The summed E-state index contributed by atoms with van der Waals surface area (Å²) in [6.45, 7) is 0.241. The molecule has 0 radical (unpaired) electrons. The van der Waals surface area contributed by atoms with E-state index in [2.05, 4.69) is 4.98 Å². The van der Waals surface area contributed by atoms with Crippen molar-refractivity contribution in [1.29, 1.82) is 0 Å². The standard InChI is InChI=1S/C30H26N2O6/c1-37-22-7-5-6-20(16-22)27(33)25-26(18-10-12-19(13-11-18)30(36)38-2)32(29(35)28(25)34)15-14-21-17-31-24-9-4-3-8-23(21)24/h3-13,16-17,26,31,33H,14-15H2,1-2H3. The number of carbonyl (C=O) groups excluding carboxylic acids is 3. The van der Waals surface area contributed by atoms with Crippen LogP contribution in [0.2, 0.25) is 0 Å². The number of nitrogens with zero attached hydrogens (tertiary/aromatic N) is 1. The molecule has 4 aromatic rings. The van der Waals surface area contributed by atoms with Crippen LogP contribution in [0.5, 0.6) is 5.75 Å². The molecule has 1 aromatic heterocycles. The predicted octanol–water partition coefficient (Wildman–Crippen LogP) is 4.63. The molecule has 1 amide bonds. The Hall–Kier alpha value is -4.85. The molecule has 0 bridgehead atoms. The zero-order chi connectivity index (χ0) is 26.8. The van der Waals surface area contributed by atoms with Crippen LogP contribution in [0.1, 0.15) is 33.1 Å². The number of esters is 1. The molecule has 1 unspecified atom stereocenters. The maximum absolute atomic E-state index is 13.3. The number of amides is 1. The minimum atomic E-state index is -0.849. The Morgan fingerprint density at radius 1 is 0.974 bits per heavy atom. The number of fused-ring (bicyclic) bond motifs is 1. The fourth-order valence-corrected chi connectivity index (χ4v) is 4.88. The van der Waals surface area contributed by atoms with E-state index in [0.29, 0.717) is 28.9 Å². The van der Waals surface area contributed by atoms with E-state index in [0.717, 1.165) is 16.5 Å². The van der Waals surface area contributed by atoms with E-state index in [1.54, 1.807) is 48.5 Å². The van der Waals surface area contributed by atoms with Gasteiger partial charge in [-0.2, -0.15) is 0 Å². The van der Waals surface area contributed by atoms with Crippen LogP contribution in [0.4, 0.5) is 0 Å². The number of carbonyl (C=O) groups is 3. The Morgan fingerprint density at radius 3 is 2.47 bits per heavy atom. The smallest absolute Gasteiger partial charge is 0.337 e. The number of aromatic nitrogens is 1. The molecular formula is C30H26N2O6. The van der Waals surface area contributed by atoms with Crippen molar-refractivity contribution in [2.75, 3.05) is 20.8 Å². The number of aromatic amines is 1. The Labute approximate surface area is 219 Å². The number of ketones is 1. The number of benzene rings is 3. The molecule has 3 aromatic carbocycles. The number of nitrogens with one attached hydrogen (secondary N) is 1. The maximum atomic E-state index is 13.3. The van der Waals surface area contributed by atoms with Crippen LogP contribution in [0.25, 0.3) is 16.7 Å². The molecule has 38 heavy (non-hydrogen) atoms. The summed E-state index contributed by atoms with van der Waals surface area (Å²) < 4.78 is 10.1. The molecule has 1 aliphatic heterocycles. The number of hydrogen-bond acceptors (Lipinski definition) is 6. The minimum Gasteiger partial charge on any atom is -0.507 e. The second-order valence-electron chi connectivity index (χ2n) is 8.95. The third kappa shape index (κ3) is 4.41. The number of rotatable bonds is 7. The van der Waals surface area contributed by atoms with Crippen LogP contribution < -0.4 is 4.74 Å². The van der Waals surface area contributed by atoms with E-state index < -0.39 is 23.7 Å². The average molecular weight is 511 g/mol. The van der Waals surface area contributed by atoms with E-state index in [1.807, 2.05) is 30.5 Å². The molecule has 8 heteroatoms. The highest BCUT2D eigenvalue weighted by atomic mass is 16.5. The molecule has 192 valence electrons. The van der Waals surface area contributed by atoms with Gasteiger partial charge in [-0.15, -0.1) is 0 Å². The van der Waals surface area contributed by atoms with Crippen molar-refractivity contribution in [1.82, 2.24) is 9.88 Å². The average Bonchev–Trinajstić information content (AvgIpc) is 3.49. The number of H-pyrrole nitrogens is 1. The molecule has 1 fully saturated rings. The van der Waals surface area contributed by atoms with Crippen molar-refractivity contribution in [2.24, 2.45) is 0 Å². The number of likely N-dealkylation sites (tertiary alicyclic amines) is 1. The van der Waals surface area contributed by atoms with Crippen LogP contribution in [0.15, 0.2) is 84.6 Å². The molecule has 0 aliphatic carbocycles. The lowest BCUT2D eigenvalue weighted by Crippen LogP contribution is -2.31. The monoisotopic (exact) mass is 510 g/mol. The van der Waals surface area contributed by atoms with E-state index >= 15 is 0 Å². The molecule has 0 saturated carbocycles. The molecule has 1 saturated heterocycles. The molecule has 5 rings (SSSR count). The first-order valence-electron chi connectivity index (χ1n) is 12.1. The number of aliphatic hydroxyl groups excluding tert-OH is 1. The summed E-state index contributed by atoms with van der Waals surface area (Å²) in [7, 11) is 2.80. The van der Waals surface area contributed by atoms with Crippen molar-refractivity contribution in [3.63, 3.8) is 0 Å². The quantitative estimate of drug-likeness (QED) is 0.162. The van der Waals surface area contributed by atoms with Crippen molar-refractivity contribution in [3.8, 4) is 5.75 Å². The zero-order valence-electron chi connectivity index (χ0n) is 20.9. The Balaban J connectivity index is 1.57. The van der Waals surface area contributed by atoms with Crippen molar-refractivity contribution < 1.29 is 29.0 Å². The summed E-state index contributed by atoms with van der Waals surface area (Å²) in [6.07, 6.45) is 2.39. The summed E-state index contributed by atoms with van der Waals surface area (Å²) in [5, 5.41) is 12.3. The van der Waals surface area contributed by atoms with Crippen molar-refractivity contribution in [2.45, 2.75) is 12.5 Å². The van der Waals surface area contributed by atoms with E-state index in [-0.39, 0.29) is 17.9 Å². The molecule has 0 spiro atoms. The molecule has 8 nitrogen and oxygen atoms in total. The molecule has 2 heterocycles. The van der Waals surface area contributed by atoms with E-state index in [4.69, 9.17) is 9.47 Å². The largest absolute Gasteiger partial charge is 0.507 e. The van der Waals surface area contributed by atoms with Gasteiger partial charge in [-0.3, -0.25) is 9.59 Å². The van der Waals surface area contributed by atoms with Gasteiger partial charge in [0.15, 0.2) is 0 Å².